The standard InChI is InChI=1S/C17H19ClN2O/c1-12-9-13(2)11-16(10-12)20-17(21)19-8-7-14-3-5-15(18)6-4-14/h3-6,9-11H,7-8H2,1-2H3,(H2,19,20,21). The molecule has 0 aromatic heterocycles. The molecule has 21 heavy (non-hydrogen) atoms. The zero-order chi connectivity index (χ0) is 15.2. The number of hydrogen-bond donors (Lipinski definition) is 2. The molecule has 2 rings (SSSR count). The van der Waals surface area contributed by atoms with Gasteiger partial charge in [0, 0.05) is 17.3 Å². The van der Waals surface area contributed by atoms with Crippen LogP contribution in [0.3, 0.4) is 0 Å². The zero-order valence-electron chi connectivity index (χ0n) is 12.2. The third-order valence-electron chi connectivity index (χ3n) is 3.09. The molecule has 2 N–H and O–H groups in total. The van der Waals surface area contributed by atoms with E-state index in [2.05, 4.69) is 16.7 Å². The maximum atomic E-state index is 11.8. The van der Waals surface area contributed by atoms with Gasteiger partial charge in [-0.1, -0.05) is 29.8 Å². The van der Waals surface area contributed by atoms with Gasteiger partial charge in [0.15, 0.2) is 0 Å². The SMILES string of the molecule is Cc1cc(C)cc(NC(=O)NCCc2ccc(Cl)cc2)c1. The van der Waals surface area contributed by atoms with E-state index in [9.17, 15) is 4.79 Å². The Morgan fingerprint density at radius 2 is 1.67 bits per heavy atom. The maximum Gasteiger partial charge on any atom is 0.319 e. The monoisotopic (exact) mass is 302 g/mol. The van der Waals surface area contributed by atoms with Gasteiger partial charge in [-0.2, -0.15) is 0 Å². The van der Waals surface area contributed by atoms with E-state index < -0.39 is 0 Å². The number of nitrogens with one attached hydrogen (secondary N) is 2. The van der Waals surface area contributed by atoms with Crippen LogP contribution in [0.2, 0.25) is 5.02 Å². The van der Waals surface area contributed by atoms with E-state index in [0.717, 1.165) is 33.8 Å². The number of amides is 2. The van der Waals surface area contributed by atoms with Gasteiger partial charge < -0.3 is 10.6 Å². The Labute approximate surface area is 130 Å². The summed E-state index contributed by atoms with van der Waals surface area (Å²) in [5, 5.41) is 6.42. The van der Waals surface area contributed by atoms with Gasteiger partial charge in [0.2, 0.25) is 0 Å². The number of anilines is 1. The van der Waals surface area contributed by atoms with Gasteiger partial charge in [0.1, 0.15) is 0 Å². The molecule has 0 saturated carbocycles. The van der Waals surface area contributed by atoms with Crippen molar-refractivity contribution in [3.63, 3.8) is 0 Å². The largest absolute Gasteiger partial charge is 0.338 e. The van der Waals surface area contributed by atoms with Crippen LogP contribution in [0.15, 0.2) is 42.5 Å². The molecule has 0 aliphatic carbocycles. The molecule has 3 nitrogen and oxygen atoms in total. The highest BCUT2D eigenvalue weighted by Gasteiger charge is 2.02. The van der Waals surface area contributed by atoms with Crippen LogP contribution in [-0.4, -0.2) is 12.6 Å². The summed E-state index contributed by atoms with van der Waals surface area (Å²) in [6, 6.07) is 13.4. The second-order valence-electron chi connectivity index (χ2n) is 5.13. The van der Waals surface area contributed by atoms with E-state index in [1.54, 1.807) is 0 Å². The molecule has 4 heteroatoms. The lowest BCUT2D eigenvalue weighted by Gasteiger charge is -2.09. The van der Waals surface area contributed by atoms with Crippen molar-refractivity contribution in [2.75, 3.05) is 11.9 Å². The average Bonchev–Trinajstić information content (AvgIpc) is 2.39. The average molecular weight is 303 g/mol. The summed E-state index contributed by atoms with van der Waals surface area (Å²) < 4.78 is 0. The van der Waals surface area contributed by atoms with Crippen molar-refractivity contribution >= 4 is 23.3 Å². The molecule has 0 saturated heterocycles. The first-order chi connectivity index (χ1) is 10.0. The molecule has 0 atom stereocenters. The third kappa shape index (κ3) is 5.12. The fourth-order valence-electron chi connectivity index (χ4n) is 2.19. The molecular formula is C17H19ClN2O. The quantitative estimate of drug-likeness (QED) is 0.867. The van der Waals surface area contributed by atoms with Gasteiger partial charge in [-0.3, -0.25) is 0 Å². The predicted octanol–water partition coefficient (Wildman–Crippen LogP) is 4.32. The Kier molecular flexibility index (Phi) is 5.23. The summed E-state index contributed by atoms with van der Waals surface area (Å²) in [6.07, 6.45) is 0.775. The minimum atomic E-state index is -0.186. The van der Waals surface area contributed by atoms with Crippen molar-refractivity contribution in [2.45, 2.75) is 20.3 Å². The van der Waals surface area contributed by atoms with Crippen LogP contribution >= 0.6 is 11.6 Å². The Hall–Kier alpha value is -2.00. The molecular weight excluding hydrogens is 284 g/mol. The van der Waals surface area contributed by atoms with Crippen molar-refractivity contribution in [3.8, 4) is 0 Å². The highest BCUT2D eigenvalue weighted by atomic mass is 35.5. The van der Waals surface area contributed by atoms with Gasteiger partial charge in [0.05, 0.1) is 0 Å². The van der Waals surface area contributed by atoms with Gasteiger partial charge in [-0.25, -0.2) is 4.79 Å². The summed E-state index contributed by atoms with van der Waals surface area (Å²) in [6.45, 7) is 4.60. The van der Waals surface area contributed by atoms with E-state index in [1.165, 1.54) is 0 Å². The van der Waals surface area contributed by atoms with Crippen LogP contribution in [0.25, 0.3) is 0 Å². The molecule has 110 valence electrons. The highest BCUT2D eigenvalue weighted by molar-refractivity contribution is 6.30. The smallest absolute Gasteiger partial charge is 0.319 e. The van der Waals surface area contributed by atoms with Crippen molar-refractivity contribution in [1.82, 2.24) is 5.32 Å². The first-order valence-electron chi connectivity index (χ1n) is 6.90. The summed E-state index contributed by atoms with van der Waals surface area (Å²) >= 11 is 5.83. The lowest BCUT2D eigenvalue weighted by molar-refractivity contribution is 0.252. The van der Waals surface area contributed by atoms with Crippen LogP contribution < -0.4 is 10.6 Å². The van der Waals surface area contributed by atoms with Crippen LogP contribution in [0.5, 0.6) is 0 Å². The van der Waals surface area contributed by atoms with Crippen LogP contribution in [0.1, 0.15) is 16.7 Å². The Bertz CT molecular complexity index is 603. The summed E-state index contributed by atoms with van der Waals surface area (Å²) in [5.74, 6) is 0. The van der Waals surface area contributed by atoms with Crippen LogP contribution in [0, 0.1) is 13.8 Å². The van der Waals surface area contributed by atoms with Crippen LogP contribution in [0.4, 0.5) is 10.5 Å². The first kappa shape index (κ1) is 15.4. The lowest BCUT2D eigenvalue weighted by atomic mass is 10.1. The predicted molar refractivity (Wildman–Crippen MR) is 88.1 cm³/mol. The number of benzene rings is 2. The second kappa shape index (κ2) is 7.14. The molecule has 0 bridgehead atoms. The summed E-state index contributed by atoms with van der Waals surface area (Å²) in [4.78, 5) is 11.8. The van der Waals surface area contributed by atoms with Gasteiger partial charge in [-0.05, 0) is 61.2 Å². The molecule has 2 amide bonds. The number of hydrogen-bond acceptors (Lipinski definition) is 1. The number of halogens is 1. The maximum absolute atomic E-state index is 11.8. The third-order valence-corrected chi connectivity index (χ3v) is 3.34. The van der Waals surface area contributed by atoms with Crippen molar-refractivity contribution in [3.05, 3.63) is 64.2 Å². The van der Waals surface area contributed by atoms with E-state index in [0.29, 0.717) is 6.54 Å². The van der Waals surface area contributed by atoms with Crippen molar-refractivity contribution in [1.29, 1.82) is 0 Å². The number of carbonyl (C=O) groups is 1. The summed E-state index contributed by atoms with van der Waals surface area (Å²) in [7, 11) is 0. The van der Waals surface area contributed by atoms with E-state index in [1.807, 2.05) is 50.2 Å². The Balaban J connectivity index is 1.80. The van der Waals surface area contributed by atoms with Gasteiger partial charge in [-0.15, -0.1) is 0 Å². The molecule has 0 aliphatic heterocycles. The van der Waals surface area contributed by atoms with E-state index in [4.69, 9.17) is 11.6 Å². The van der Waals surface area contributed by atoms with Gasteiger partial charge >= 0.3 is 6.03 Å². The van der Waals surface area contributed by atoms with E-state index >= 15 is 0 Å². The minimum Gasteiger partial charge on any atom is -0.338 e. The molecule has 0 fully saturated rings. The highest BCUT2D eigenvalue weighted by Crippen LogP contribution is 2.13. The van der Waals surface area contributed by atoms with Crippen molar-refractivity contribution in [2.24, 2.45) is 0 Å². The molecule has 0 radical (unpaired) electrons. The van der Waals surface area contributed by atoms with Gasteiger partial charge in [0.25, 0.3) is 0 Å². The molecule has 0 spiro atoms. The summed E-state index contributed by atoms with van der Waals surface area (Å²) in [5.41, 5.74) is 4.22. The Morgan fingerprint density at radius 1 is 1.05 bits per heavy atom. The molecule has 2 aromatic rings. The number of urea groups is 1. The second-order valence-corrected chi connectivity index (χ2v) is 5.57. The number of aryl methyl sites for hydroxylation is 2. The van der Waals surface area contributed by atoms with Crippen molar-refractivity contribution < 1.29 is 4.79 Å². The minimum absolute atomic E-state index is 0.186. The van der Waals surface area contributed by atoms with E-state index in [-0.39, 0.29) is 6.03 Å². The fraction of sp³-hybridized carbons (Fsp3) is 0.235. The molecule has 2 aromatic carbocycles. The number of carbonyl (C=O) groups excluding carboxylic acids is 1. The lowest BCUT2D eigenvalue weighted by Crippen LogP contribution is -2.30. The molecule has 0 unspecified atom stereocenters. The normalized spacial score (nSPS) is 10.2. The Morgan fingerprint density at radius 3 is 2.29 bits per heavy atom. The first-order valence-corrected chi connectivity index (χ1v) is 7.28. The zero-order valence-corrected chi connectivity index (χ0v) is 13.0. The fourth-order valence-corrected chi connectivity index (χ4v) is 2.32. The molecule has 0 heterocycles. The number of rotatable bonds is 4. The van der Waals surface area contributed by atoms with Crippen LogP contribution in [-0.2, 0) is 6.42 Å². The molecule has 0 aliphatic rings. The topological polar surface area (TPSA) is 41.1 Å².